The number of aromatic nitrogens is 2. The summed E-state index contributed by atoms with van der Waals surface area (Å²) < 4.78 is 0. The van der Waals surface area contributed by atoms with E-state index in [2.05, 4.69) is 17.1 Å². The third-order valence-electron chi connectivity index (χ3n) is 5.96. The number of hydrogen-bond acceptors (Lipinski definition) is 4. The Balaban J connectivity index is 1.50. The highest BCUT2D eigenvalue weighted by Crippen LogP contribution is 2.36. The van der Waals surface area contributed by atoms with Crippen LogP contribution in [-0.2, 0) is 6.42 Å². The van der Waals surface area contributed by atoms with Crippen LogP contribution >= 0.6 is 11.3 Å². The second kappa shape index (κ2) is 8.12. The number of carbonyl (C=O) groups is 1. The summed E-state index contributed by atoms with van der Waals surface area (Å²) in [5.74, 6) is 0.614. The van der Waals surface area contributed by atoms with Gasteiger partial charge in [0.25, 0.3) is 11.5 Å². The van der Waals surface area contributed by atoms with E-state index in [4.69, 9.17) is 4.98 Å². The molecule has 2 aromatic heterocycles. The monoisotopic (exact) mass is 429 g/mol. The molecule has 5 rings (SSSR count). The van der Waals surface area contributed by atoms with E-state index in [0.717, 1.165) is 36.1 Å². The third-order valence-corrected chi connectivity index (χ3v) is 7.13. The van der Waals surface area contributed by atoms with Gasteiger partial charge in [-0.15, -0.1) is 11.3 Å². The summed E-state index contributed by atoms with van der Waals surface area (Å²) in [6.45, 7) is 2.59. The van der Waals surface area contributed by atoms with Crippen LogP contribution in [0.3, 0.4) is 0 Å². The Morgan fingerprint density at radius 2 is 1.84 bits per heavy atom. The Labute approximate surface area is 184 Å². The number of hydrogen-bond donors (Lipinski definition) is 1. The van der Waals surface area contributed by atoms with Gasteiger partial charge in [0.05, 0.1) is 16.3 Å². The Bertz CT molecular complexity index is 1300. The van der Waals surface area contributed by atoms with Crippen molar-refractivity contribution in [1.82, 2.24) is 14.9 Å². The van der Waals surface area contributed by atoms with Crippen molar-refractivity contribution in [2.45, 2.75) is 32.2 Å². The standard InChI is InChI=1S/C25H23N3O2S/c1-16-21-23(29)26-20(15-17-9-4-2-5-10-17)27-24(21)31-22(16)25(30)28-14-8-13-19(28)18-11-6-3-7-12-18/h2-7,9-12,19H,8,13-15H2,1H3,(H,26,27,29). The summed E-state index contributed by atoms with van der Waals surface area (Å²) in [6, 6.07) is 20.2. The zero-order valence-electron chi connectivity index (χ0n) is 17.3. The van der Waals surface area contributed by atoms with Crippen molar-refractivity contribution in [2.24, 2.45) is 0 Å². The van der Waals surface area contributed by atoms with E-state index in [1.165, 1.54) is 11.3 Å². The van der Waals surface area contributed by atoms with Crippen LogP contribution in [0.2, 0.25) is 0 Å². The molecule has 31 heavy (non-hydrogen) atoms. The highest BCUT2D eigenvalue weighted by atomic mass is 32.1. The van der Waals surface area contributed by atoms with Crippen LogP contribution in [0.1, 0.15) is 51.1 Å². The number of carbonyl (C=O) groups excluding carboxylic acids is 1. The molecule has 1 amide bonds. The number of nitrogens with zero attached hydrogens (tertiary/aromatic N) is 2. The number of rotatable bonds is 4. The molecule has 156 valence electrons. The Morgan fingerprint density at radius 1 is 1.13 bits per heavy atom. The topological polar surface area (TPSA) is 66.1 Å². The van der Waals surface area contributed by atoms with Gasteiger partial charge in [0, 0.05) is 13.0 Å². The number of aryl methyl sites for hydroxylation is 1. The average molecular weight is 430 g/mol. The molecule has 0 saturated carbocycles. The first kappa shape index (κ1) is 19.7. The number of amides is 1. The molecule has 5 nitrogen and oxygen atoms in total. The normalized spacial score (nSPS) is 16.2. The number of thiophene rings is 1. The lowest BCUT2D eigenvalue weighted by atomic mass is 10.0. The molecule has 6 heteroatoms. The van der Waals surface area contributed by atoms with Gasteiger partial charge >= 0.3 is 0 Å². The number of fused-ring (bicyclic) bond motifs is 1. The third kappa shape index (κ3) is 3.68. The van der Waals surface area contributed by atoms with Crippen LogP contribution in [-0.4, -0.2) is 27.3 Å². The molecular formula is C25H23N3O2S. The van der Waals surface area contributed by atoms with Gasteiger partial charge in [-0.05, 0) is 36.5 Å². The summed E-state index contributed by atoms with van der Waals surface area (Å²) in [4.78, 5) is 37.1. The SMILES string of the molecule is Cc1c(C(=O)N2CCCC2c2ccccc2)sc2nc(Cc3ccccc3)[nH]c(=O)c12. The number of nitrogens with one attached hydrogen (secondary N) is 1. The largest absolute Gasteiger partial charge is 0.331 e. The van der Waals surface area contributed by atoms with Crippen LogP contribution in [0.4, 0.5) is 0 Å². The number of H-pyrrole nitrogens is 1. The fourth-order valence-corrected chi connectivity index (χ4v) is 5.58. The van der Waals surface area contributed by atoms with Gasteiger partial charge < -0.3 is 9.88 Å². The fraction of sp³-hybridized carbons (Fsp3) is 0.240. The van der Waals surface area contributed by atoms with E-state index in [1.807, 2.05) is 60.4 Å². The van der Waals surface area contributed by atoms with Gasteiger partial charge in [0.15, 0.2) is 0 Å². The fourth-order valence-electron chi connectivity index (χ4n) is 4.43. The maximum atomic E-state index is 13.5. The predicted octanol–water partition coefficient (Wildman–Crippen LogP) is 4.86. The highest BCUT2D eigenvalue weighted by molar-refractivity contribution is 7.20. The molecule has 1 fully saturated rings. The van der Waals surface area contributed by atoms with Gasteiger partial charge in [-0.3, -0.25) is 9.59 Å². The molecule has 0 radical (unpaired) electrons. The zero-order valence-corrected chi connectivity index (χ0v) is 18.1. The minimum Gasteiger partial charge on any atom is -0.331 e. The first-order valence-corrected chi connectivity index (χ1v) is 11.4. The van der Waals surface area contributed by atoms with Crippen LogP contribution in [0, 0.1) is 6.92 Å². The molecule has 0 spiro atoms. The molecule has 2 aromatic carbocycles. The molecule has 0 aliphatic carbocycles. The van der Waals surface area contributed by atoms with E-state index >= 15 is 0 Å². The molecule has 3 heterocycles. The molecule has 1 atom stereocenters. The Hall–Kier alpha value is -3.25. The van der Waals surface area contributed by atoms with Crippen molar-refractivity contribution in [3.63, 3.8) is 0 Å². The van der Waals surface area contributed by atoms with Crippen LogP contribution in [0.25, 0.3) is 10.2 Å². The Morgan fingerprint density at radius 3 is 2.58 bits per heavy atom. The van der Waals surface area contributed by atoms with Gasteiger partial charge in [0.1, 0.15) is 10.7 Å². The molecule has 1 unspecified atom stereocenters. The summed E-state index contributed by atoms with van der Waals surface area (Å²) >= 11 is 1.33. The molecule has 1 N–H and O–H groups in total. The van der Waals surface area contributed by atoms with Crippen molar-refractivity contribution in [2.75, 3.05) is 6.54 Å². The van der Waals surface area contributed by atoms with Crippen molar-refractivity contribution >= 4 is 27.5 Å². The lowest BCUT2D eigenvalue weighted by Crippen LogP contribution is -2.30. The average Bonchev–Trinajstić information content (AvgIpc) is 3.40. The van der Waals surface area contributed by atoms with E-state index in [1.54, 1.807) is 0 Å². The summed E-state index contributed by atoms with van der Waals surface area (Å²) in [5.41, 5.74) is 2.79. The minimum absolute atomic E-state index is 0.00383. The van der Waals surface area contributed by atoms with E-state index in [0.29, 0.717) is 27.3 Å². The molecule has 4 aromatic rings. The second-order valence-corrected chi connectivity index (χ2v) is 8.98. The molecular weight excluding hydrogens is 406 g/mol. The van der Waals surface area contributed by atoms with E-state index in [9.17, 15) is 9.59 Å². The summed E-state index contributed by atoms with van der Waals surface area (Å²) in [5, 5.41) is 0.528. The molecule has 1 aliphatic heterocycles. The van der Waals surface area contributed by atoms with Gasteiger partial charge in [-0.1, -0.05) is 60.7 Å². The highest BCUT2D eigenvalue weighted by Gasteiger charge is 2.32. The van der Waals surface area contributed by atoms with E-state index in [-0.39, 0.29) is 17.5 Å². The summed E-state index contributed by atoms with van der Waals surface area (Å²) in [6.07, 6.45) is 2.49. The van der Waals surface area contributed by atoms with Crippen molar-refractivity contribution in [3.05, 3.63) is 98.4 Å². The van der Waals surface area contributed by atoms with Gasteiger partial charge in [-0.25, -0.2) is 4.98 Å². The lowest BCUT2D eigenvalue weighted by Gasteiger charge is -2.25. The van der Waals surface area contributed by atoms with E-state index < -0.39 is 0 Å². The van der Waals surface area contributed by atoms with Crippen molar-refractivity contribution in [3.8, 4) is 0 Å². The predicted molar refractivity (Wildman–Crippen MR) is 124 cm³/mol. The smallest absolute Gasteiger partial charge is 0.264 e. The van der Waals surface area contributed by atoms with Crippen LogP contribution < -0.4 is 5.56 Å². The van der Waals surface area contributed by atoms with Crippen LogP contribution in [0.5, 0.6) is 0 Å². The quantitative estimate of drug-likeness (QED) is 0.504. The maximum absolute atomic E-state index is 13.5. The van der Waals surface area contributed by atoms with Gasteiger partial charge in [-0.2, -0.15) is 0 Å². The van der Waals surface area contributed by atoms with Crippen molar-refractivity contribution < 1.29 is 4.79 Å². The first-order chi connectivity index (χ1) is 15.1. The number of benzene rings is 2. The van der Waals surface area contributed by atoms with Crippen LogP contribution in [0.15, 0.2) is 65.5 Å². The number of aromatic amines is 1. The minimum atomic E-state index is -0.176. The molecule has 1 aliphatic rings. The second-order valence-electron chi connectivity index (χ2n) is 7.98. The van der Waals surface area contributed by atoms with Gasteiger partial charge in [0.2, 0.25) is 0 Å². The summed E-state index contributed by atoms with van der Waals surface area (Å²) in [7, 11) is 0. The number of likely N-dealkylation sites (tertiary alicyclic amines) is 1. The maximum Gasteiger partial charge on any atom is 0.264 e. The molecule has 0 bridgehead atoms. The molecule has 1 saturated heterocycles. The first-order valence-electron chi connectivity index (χ1n) is 10.5. The zero-order chi connectivity index (χ0) is 21.4. The van der Waals surface area contributed by atoms with Crippen molar-refractivity contribution in [1.29, 1.82) is 0 Å². The Kier molecular flexibility index (Phi) is 5.16. The lowest BCUT2D eigenvalue weighted by molar-refractivity contribution is 0.0740.